The van der Waals surface area contributed by atoms with Crippen LogP contribution in [0.3, 0.4) is 0 Å². The predicted octanol–water partition coefficient (Wildman–Crippen LogP) is 3.62. The number of benzene rings is 2. The standard InChI is InChI=1S/C20H15BrO6S/c1-26-17-7-3-13(4-8-17)2-6-16(22)12-28(24,25)19-11-14-10-15(21)5-9-18(14)27-20(19)23/h2-11H,12H2,1H3. The number of methoxy groups -OCH3 is 1. The van der Waals surface area contributed by atoms with Gasteiger partial charge in [0, 0.05) is 9.86 Å². The summed E-state index contributed by atoms with van der Waals surface area (Å²) in [5, 5.41) is 0.439. The maximum atomic E-state index is 12.5. The average molecular weight is 463 g/mol. The van der Waals surface area contributed by atoms with Gasteiger partial charge in [-0.1, -0.05) is 34.1 Å². The Morgan fingerprint density at radius 3 is 2.54 bits per heavy atom. The molecular weight excluding hydrogens is 448 g/mol. The van der Waals surface area contributed by atoms with E-state index < -0.39 is 31.9 Å². The first-order chi connectivity index (χ1) is 13.3. The van der Waals surface area contributed by atoms with Crippen LogP contribution in [0.5, 0.6) is 5.75 Å². The van der Waals surface area contributed by atoms with E-state index in [0.717, 1.165) is 0 Å². The van der Waals surface area contributed by atoms with Crippen molar-refractivity contribution in [3.8, 4) is 5.75 Å². The molecule has 0 aliphatic heterocycles. The molecule has 0 aliphatic rings. The largest absolute Gasteiger partial charge is 0.497 e. The second-order valence-electron chi connectivity index (χ2n) is 5.91. The summed E-state index contributed by atoms with van der Waals surface area (Å²) in [5.41, 5.74) is -0.0266. The van der Waals surface area contributed by atoms with Gasteiger partial charge < -0.3 is 9.15 Å². The summed E-state index contributed by atoms with van der Waals surface area (Å²) >= 11 is 3.28. The van der Waals surface area contributed by atoms with Crippen molar-refractivity contribution in [2.75, 3.05) is 12.9 Å². The second-order valence-corrected chi connectivity index (χ2v) is 8.79. The van der Waals surface area contributed by atoms with Crippen LogP contribution in [0, 0.1) is 0 Å². The minimum atomic E-state index is -4.15. The summed E-state index contributed by atoms with van der Waals surface area (Å²) in [5.74, 6) is -0.811. The molecule has 1 aromatic heterocycles. The number of rotatable bonds is 6. The number of ether oxygens (including phenoxy) is 1. The van der Waals surface area contributed by atoms with Gasteiger partial charge in [0.15, 0.2) is 20.5 Å². The van der Waals surface area contributed by atoms with Crippen molar-refractivity contribution in [2.24, 2.45) is 0 Å². The van der Waals surface area contributed by atoms with Crippen molar-refractivity contribution in [2.45, 2.75) is 4.90 Å². The summed E-state index contributed by atoms with van der Waals surface area (Å²) in [7, 11) is -2.61. The molecule has 28 heavy (non-hydrogen) atoms. The number of carbonyl (C=O) groups is 1. The van der Waals surface area contributed by atoms with Crippen molar-refractivity contribution in [1.29, 1.82) is 0 Å². The maximum absolute atomic E-state index is 12.5. The number of halogens is 1. The molecule has 0 saturated heterocycles. The van der Waals surface area contributed by atoms with E-state index >= 15 is 0 Å². The van der Waals surface area contributed by atoms with Crippen LogP contribution in [0.4, 0.5) is 0 Å². The molecule has 0 bridgehead atoms. The lowest BCUT2D eigenvalue weighted by Crippen LogP contribution is -2.20. The van der Waals surface area contributed by atoms with Gasteiger partial charge in [0.2, 0.25) is 0 Å². The fourth-order valence-electron chi connectivity index (χ4n) is 2.51. The van der Waals surface area contributed by atoms with E-state index in [-0.39, 0.29) is 5.58 Å². The first-order valence-electron chi connectivity index (χ1n) is 8.09. The van der Waals surface area contributed by atoms with Gasteiger partial charge >= 0.3 is 5.63 Å². The van der Waals surface area contributed by atoms with E-state index in [1.165, 1.54) is 18.2 Å². The Bertz CT molecular complexity index is 1220. The van der Waals surface area contributed by atoms with Gasteiger partial charge in [-0.3, -0.25) is 4.79 Å². The van der Waals surface area contributed by atoms with Crippen LogP contribution in [0.25, 0.3) is 17.0 Å². The van der Waals surface area contributed by atoms with Crippen molar-refractivity contribution in [3.63, 3.8) is 0 Å². The smallest absolute Gasteiger partial charge is 0.355 e. The van der Waals surface area contributed by atoms with Crippen LogP contribution in [-0.2, 0) is 14.6 Å². The molecule has 0 aliphatic carbocycles. The fourth-order valence-corrected chi connectivity index (χ4v) is 4.12. The van der Waals surface area contributed by atoms with Crippen LogP contribution in [0.2, 0.25) is 0 Å². The summed E-state index contributed by atoms with van der Waals surface area (Å²) in [6.07, 6.45) is 2.66. The quantitative estimate of drug-likeness (QED) is 0.410. The van der Waals surface area contributed by atoms with E-state index in [4.69, 9.17) is 9.15 Å². The second kappa shape index (κ2) is 8.12. The Hall–Kier alpha value is -2.71. The summed E-state index contributed by atoms with van der Waals surface area (Å²) in [4.78, 5) is 23.7. The van der Waals surface area contributed by atoms with Gasteiger partial charge in [0.05, 0.1) is 7.11 Å². The molecular formula is C20H15BrO6S. The van der Waals surface area contributed by atoms with Gasteiger partial charge in [-0.05, 0) is 48.0 Å². The Kier molecular flexibility index (Phi) is 5.81. The highest BCUT2D eigenvalue weighted by atomic mass is 79.9. The molecule has 0 radical (unpaired) electrons. The van der Waals surface area contributed by atoms with E-state index in [2.05, 4.69) is 15.9 Å². The Labute approximate surface area is 169 Å². The molecule has 3 rings (SSSR count). The van der Waals surface area contributed by atoms with Crippen molar-refractivity contribution >= 4 is 48.6 Å². The molecule has 8 heteroatoms. The summed E-state index contributed by atoms with van der Waals surface area (Å²) in [6, 6.07) is 13.0. The zero-order valence-corrected chi connectivity index (χ0v) is 17.1. The van der Waals surface area contributed by atoms with Gasteiger partial charge in [-0.25, -0.2) is 13.2 Å². The highest BCUT2D eigenvalue weighted by molar-refractivity contribution is 9.10. The molecule has 0 saturated carbocycles. The predicted molar refractivity (Wildman–Crippen MR) is 109 cm³/mol. The lowest BCUT2D eigenvalue weighted by Gasteiger charge is -2.03. The van der Waals surface area contributed by atoms with Crippen LogP contribution in [0.1, 0.15) is 5.56 Å². The molecule has 6 nitrogen and oxygen atoms in total. The van der Waals surface area contributed by atoms with Crippen LogP contribution < -0.4 is 10.4 Å². The van der Waals surface area contributed by atoms with Crippen LogP contribution in [0.15, 0.2) is 73.2 Å². The normalized spacial score (nSPS) is 11.8. The molecule has 0 fully saturated rings. The highest BCUT2D eigenvalue weighted by Crippen LogP contribution is 2.21. The summed E-state index contributed by atoms with van der Waals surface area (Å²) in [6.45, 7) is 0. The number of hydrogen-bond donors (Lipinski definition) is 0. The molecule has 0 N–H and O–H groups in total. The fraction of sp³-hybridized carbons (Fsp3) is 0.100. The molecule has 0 spiro atoms. The number of sulfone groups is 1. The number of hydrogen-bond acceptors (Lipinski definition) is 6. The molecule has 0 unspecified atom stereocenters. The van der Waals surface area contributed by atoms with Gasteiger partial charge in [-0.15, -0.1) is 0 Å². The van der Waals surface area contributed by atoms with E-state index in [0.29, 0.717) is 21.2 Å². The SMILES string of the molecule is COc1ccc(C=CC(=O)CS(=O)(=O)c2cc3cc(Br)ccc3oc2=O)cc1. The zero-order valence-electron chi connectivity index (χ0n) is 14.7. The first-order valence-corrected chi connectivity index (χ1v) is 10.5. The van der Waals surface area contributed by atoms with Crippen molar-refractivity contribution < 1.29 is 22.4 Å². The average Bonchev–Trinajstić information content (AvgIpc) is 2.66. The van der Waals surface area contributed by atoms with Crippen molar-refractivity contribution in [3.05, 3.63) is 75.1 Å². The Morgan fingerprint density at radius 2 is 1.86 bits per heavy atom. The minimum Gasteiger partial charge on any atom is -0.497 e. The van der Waals surface area contributed by atoms with Gasteiger partial charge in [-0.2, -0.15) is 0 Å². The monoisotopic (exact) mass is 462 g/mol. The molecule has 0 atom stereocenters. The number of carbonyl (C=O) groups excluding carboxylic acids is 1. The molecule has 3 aromatic rings. The lowest BCUT2D eigenvalue weighted by molar-refractivity contribution is -0.112. The third kappa shape index (κ3) is 4.58. The zero-order chi connectivity index (χ0) is 20.3. The third-order valence-electron chi connectivity index (χ3n) is 3.91. The van der Waals surface area contributed by atoms with E-state index in [9.17, 15) is 18.0 Å². The van der Waals surface area contributed by atoms with Crippen LogP contribution in [-0.4, -0.2) is 27.1 Å². The summed E-state index contributed by atoms with van der Waals surface area (Å²) < 4.78 is 35.9. The lowest BCUT2D eigenvalue weighted by atomic mass is 10.2. The first kappa shape index (κ1) is 20.0. The molecule has 2 aromatic carbocycles. The van der Waals surface area contributed by atoms with Gasteiger partial charge in [0.1, 0.15) is 17.1 Å². The Balaban J connectivity index is 1.83. The van der Waals surface area contributed by atoms with Crippen LogP contribution >= 0.6 is 15.9 Å². The number of fused-ring (bicyclic) bond motifs is 1. The highest BCUT2D eigenvalue weighted by Gasteiger charge is 2.23. The molecule has 0 amide bonds. The van der Waals surface area contributed by atoms with E-state index in [1.807, 2.05) is 0 Å². The third-order valence-corrected chi connectivity index (χ3v) is 6.02. The maximum Gasteiger partial charge on any atom is 0.355 e. The molecule has 144 valence electrons. The molecule has 1 heterocycles. The topological polar surface area (TPSA) is 90.7 Å². The Morgan fingerprint density at radius 1 is 1.14 bits per heavy atom. The number of ketones is 1. The van der Waals surface area contributed by atoms with Crippen molar-refractivity contribution in [1.82, 2.24) is 0 Å². The number of allylic oxidation sites excluding steroid dienone is 1. The minimum absolute atomic E-state index is 0.262. The van der Waals surface area contributed by atoms with E-state index in [1.54, 1.807) is 49.6 Å². The van der Waals surface area contributed by atoms with Gasteiger partial charge in [0.25, 0.3) is 0 Å².